The molecule has 1 aliphatic rings. The number of hydrogen-bond donors (Lipinski definition) is 2. The van der Waals surface area contributed by atoms with Crippen molar-refractivity contribution in [3.63, 3.8) is 0 Å². The predicted octanol–water partition coefficient (Wildman–Crippen LogP) is 3.66. The monoisotopic (exact) mass is 340 g/mol. The Kier molecular flexibility index (Phi) is 5.56. The summed E-state index contributed by atoms with van der Waals surface area (Å²) in [6, 6.07) is 13.9. The lowest BCUT2D eigenvalue weighted by Gasteiger charge is -2.09. The molecule has 5 nitrogen and oxygen atoms in total. The molecule has 1 amide bonds. The fourth-order valence-corrected chi connectivity index (χ4v) is 2.66. The van der Waals surface area contributed by atoms with Gasteiger partial charge in [-0.25, -0.2) is 0 Å². The molecular formula is C20H24N2O3. The van der Waals surface area contributed by atoms with E-state index in [2.05, 4.69) is 36.6 Å². The van der Waals surface area contributed by atoms with Gasteiger partial charge in [-0.05, 0) is 41.3 Å². The van der Waals surface area contributed by atoms with Crippen molar-refractivity contribution < 1.29 is 14.3 Å². The van der Waals surface area contributed by atoms with Crippen molar-refractivity contribution in [1.29, 1.82) is 0 Å². The van der Waals surface area contributed by atoms with Gasteiger partial charge in [0.15, 0.2) is 11.5 Å². The molecule has 0 saturated heterocycles. The second kappa shape index (κ2) is 8.03. The van der Waals surface area contributed by atoms with Crippen molar-refractivity contribution in [2.45, 2.75) is 32.7 Å². The third-order valence-electron chi connectivity index (χ3n) is 4.16. The fraction of sp³-hybridized carbons (Fsp3) is 0.350. The Balaban J connectivity index is 1.39. The molecule has 0 atom stereocenters. The second-order valence-electron chi connectivity index (χ2n) is 6.44. The van der Waals surface area contributed by atoms with Gasteiger partial charge in [-0.1, -0.05) is 32.0 Å². The molecule has 2 aromatic rings. The highest BCUT2D eigenvalue weighted by Crippen LogP contribution is 2.32. The van der Waals surface area contributed by atoms with E-state index in [4.69, 9.17) is 9.47 Å². The van der Waals surface area contributed by atoms with Crippen LogP contribution >= 0.6 is 0 Å². The maximum atomic E-state index is 12.0. The van der Waals surface area contributed by atoms with Crippen LogP contribution in [0.2, 0.25) is 0 Å². The SMILES string of the molecule is CC(C)c1ccc(NC(=O)CCNCc2ccc3c(c2)OCO3)cc1. The number of ether oxygens (including phenoxy) is 2. The van der Waals surface area contributed by atoms with Crippen molar-refractivity contribution in [2.75, 3.05) is 18.7 Å². The fourth-order valence-electron chi connectivity index (χ4n) is 2.66. The summed E-state index contributed by atoms with van der Waals surface area (Å²) in [6.45, 7) is 5.89. The van der Waals surface area contributed by atoms with Gasteiger partial charge >= 0.3 is 0 Å². The Bertz CT molecular complexity index is 726. The van der Waals surface area contributed by atoms with Crippen LogP contribution in [-0.2, 0) is 11.3 Å². The molecule has 3 rings (SSSR count). The Morgan fingerprint density at radius 3 is 2.60 bits per heavy atom. The van der Waals surface area contributed by atoms with E-state index in [1.807, 2.05) is 30.3 Å². The Morgan fingerprint density at radius 2 is 1.84 bits per heavy atom. The number of carbonyl (C=O) groups is 1. The molecule has 25 heavy (non-hydrogen) atoms. The van der Waals surface area contributed by atoms with Gasteiger partial charge in [0.25, 0.3) is 0 Å². The molecular weight excluding hydrogens is 316 g/mol. The van der Waals surface area contributed by atoms with E-state index in [1.165, 1.54) is 5.56 Å². The van der Waals surface area contributed by atoms with Crippen LogP contribution in [0.3, 0.4) is 0 Å². The summed E-state index contributed by atoms with van der Waals surface area (Å²) in [5.74, 6) is 2.06. The number of nitrogens with one attached hydrogen (secondary N) is 2. The zero-order valence-electron chi connectivity index (χ0n) is 14.7. The van der Waals surface area contributed by atoms with Crippen LogP contribution in [0.25, 0.3) is 0 Å². The molecule has 1 heterocycles. The average molecular weight is 340 g/mol. The van der Waals surface area contributed by atoms with E-state index in [0.29, 0.717) is 25.4 Å². The van der Waals surface area contributed by atoms with Crippen molar-refractivity contribution in [1.82, 2.24) is 5.32 Å². The van der Waals surface area contributed by atoms with Gasteiger partial charge in [-0.3, -0.25) is 4.79 Å². The number of rotatable bonds is 7. The molecule has 0 radical (unpaired) electrons. The summed E-state index contributed by atoms with van der Waals surface area (Å²) < 4.78 is 10.7. The number of carbonyl (C=O) groups excluding carboxylic acids is 1. The predicted molar refractivity (Wildman–Crippen MR) is 98.0 cm³/mol. The normalized spacial score (nSPS) is 12.4. The quantitative estimate of drug-likeness (QED) is 0.755. The maximum absolute atomic E-state index is 12.0. The summed E-state index contributed by atoms with van der Waals surface area (Å²) >= 11 is 0. The minimum Gasteiger partial charge on any atom is -0.454 e. The van der Waals surface area contributed by atoms with Crippen molar-refractivity contribution in [3.8, 4) is 11.5 Å². The van der Waals surface area contributed by atoms with Crippen molar-refractivity contribution >= 4 is 11.6 Å². The van der Waals surface area contributed by atoms with E-state index >= 15 is 0 Å². The number of benzene rings is 2. The first kappa shape index (κ1) is 17.3. The first-order valence-electron chi connectivity index (χ1n) is 8.61. The highest BCUT2D eigenvalue weighted by Gasteiger charge is 2.12. The summed E-state index contributed by atoms with van der Waals surface area (Å²) in [4.78, 5) is 12.0. The first-order valence-corrected chi connectivity index (χ1v) is 8.61. The average Bonchev–Trinajstić information content (AvgIpc) is 3.07. The van der Waals surface area contributed by atoms with E-state index in [1.54, 1.807) is 0 Å². The maximum Gasteiger partial charge on any atom is 0.231 e. The molecule has 0 bridgehead atoms. The van der Waals surface area contributed by atoms with Gasteiger partial charge in [-0.15, -0.1) is 0 Å². The van der Waals surface area contributed by atoms with E-state index in [-0.39, 0.29) is 12.7 Å². The van der Waals surface area contributed by atoms with Gasteiger partial charge in [0.05, 0.1) is 0 Å². The molecule has 0 unspecified atom stereocenters. The topological polar surface area (TPSA) is 59.6 Å². The van der Waals surface area contributed by atoms with Gasteiger partial charge in [0.1, 0.15) is 0 Å². The molecule has 0 aliphatic carbocycles. The summed E-state index contributed by atoms with van der Waals surface area (Å²) in [5, 5.41) is 6.20. The van der Waals surface area contributed by atoms with Crippen LogP contribution < -0.4 is 20.1 Å². The lowest BCUT2D eigenvalue weighted by Crippen LogP contribution is -2.21. The lowest BCUT2D eigenvalue weighted by atomic mass is 10.0. The minimum atomic E-state index is 0.00971. The molecule has 0 aromatic heterocycles. The van der Waals surface area contributed by atoms with E-state index in [0.717, 1.165) is 22.7 Å². The zero-order valence-corrected chi connectivity index (χ0v) is 14.7. The number of anilines is 1. The lowest BCUT2D eigenvalue weighted by molar-refractivity contribution is -0.116. The molecule has 0 spiro atoms. The standard InChI is InChI=1S/C20H24N2O3/c1-14(2)16-4-6-17(7-5-16)22-20(23)9-10-21-12-15-3-8-18-19(11-15)25-13-24-18/h3-8,11,14,21H,9-10,12-13H2,1-2H3,(H,22,23). The molecule has 0 fully saturated rings. The van der Waals surface area contributed by atoms with Gasteiger partial charge < -0.3 is 20.1 Å². The number of amides is 1. The third kappa shape index (κ3) is 4.73. The largest absolute Gasteiger partial charge is 0.454 e. The third-order valence-corrected chi connectivity index (χ3v) is 4.16. The summed E-state index contributed by atoms with van der Waals surface area (Å²) in [7, 11) is 0. The second-order valence-corrected chi connectivity index (χ2v) is 6.44. The number of hydrogen-bond acceptors (Lipinski definition) is 4. The van der Waals surface area contributed by atoms with E-state index in [9.17, 15) is 4.79 Å². The van der Waals surface area contributed by atoms with Gasteiger partial charge in [-0.2, -0.15) is 0 Å². The molecule has 5 heteroatoms. The summed E-state index contributed by atoms with van der Waals surface area (Å²) in [5.41, 5.74) is 3.21. The van der Waals surface area contributed by atoms with Gasteiger partial charge in [0, 0.05) is 25.2 Å². The smallest absolute Gasteiger partial charge is 0.231 e. The Morgan fingerprint density at radius 1 is 1.08 bits per heavy atom. The van der Waals surface area contributed by atoms with Crippen LogP contribution in [0.1, 0.15) is 37.3 Å². The highest BCUT2D eigenvalue weighted by molar-refractivity contribution is 5.90. The molecule has 0 saturated carbocycles. The molecule has 1 aliphatic heterocycles. The van der Waals surface area contributed by atoms with Crippen LogP contribution in [0.5, 0.6) is 11.5 Å². The first-order chi connectivity index (χ1) is 12.1. The molecule has 132 valence electrons. The zero-order chi connectivity index (χ0) is 17.6. The Labute approximate surface area is 148 Å². The van der Waals surface area contributed by atoms with Crippen molar-refractivity contribution in [3.05, 3.63) is 53.6 Å². The van der Waals surface area contributed by atoms with Crippen LogP contribution in [-0.4, -0.2) is 19.2 Å². The molecule has 2 N–H and O–H groups in total. The summed E-state index contributed by atoms with van der Waals surface area (Å²) in [6.07, 6.45) is 0.427. The van der Waals surface area contributed by atoms with Crippen LogP contribution in [0.15, 0.2) is 42.5 Å². The van der Waals surface area contributed by atoms with E-state index < -0.39 is 0 Å². The number of fused-ring (bicyclic) bond motifs is 1. The van der Waals surface area contributed by atoms with Gasteiger partial charge in [0.2, 0.25) is 12.7 Å². The minimum absolute atomic E-state index is 0.00971. The van der Waals surface area contributed by atoms with Crippen LogP contribution in [0.4, 0.5) is 5.69 Å². The molecule has 2 aromatic carbocycles. The van der Waals surface area contributed by atoms with Crippen molar-refractivity contribution in [2.24, 2.45) is 0 Å². The van der Waals surface area contributed by atoms with Crippen LogP contribution in [0, 0.1) is 0 Å². The Hall–Kier alpha value is -2.53. The highest BCUT2D eigenvalue weighted by atomic mass is 16.7.